The monoisotopic (exact) mass is 504 g/mol. The summed E-state index contributed by atoms with van der Waals surface area (Å²) in [6, 6.07) is 13.8. The topological polar surface area (TPSA) is 128 Å². The number of fused-ring (bicyclic) bond motifs is 1. The van der Waals surface area contributed by atoms with Crippen molar-refractivity contribution in [1.82, 2.24) is 9.80 Å². The van der Waals surface area contributed by atoms with Gasteiger partial charge in [0, 0.05) is 19.6 Å². The minimum atomic E-state index is -0.695. The van der Waals surface area contributed by atoms with Crippen molar-refractivity contribution in [3.8, 4) is 5.75 Å². The average Bonchev–Trinajstić information content (AvgIpc) is 2.93. The molecule has 2 amide bonds. The van der Waals surface area contributed by atoms with Crippen LogP contribution in [0, 0.1) is 0 Å². The highest BCUT2D eigenvalue weighted by Gasteiger charge is 2.36. The third-order valence-electron chi connectivity index (χ3n) is 6.99. The number of rotatable bonds is 7. The van der Waals surface area contributed by atoms with Gasteiger partial charge in [0.2, 0.25) is 5.91 Å². The molecular weight excluding hydrogens is 476 g/mol. The number of phenols is 1. The average molecular weight is 505 g/mol. The van der Waals surface area contributed by atoms with E-state index in [1.54, 1.807) is 15.9 Å². The zero-order valence-corrected chi connectivity index (χ0v) is 20.4. The number of ether oxygens (including phenoxy) is 1. The molecule has 5 rings (SSSR count). The third kappa shape index (κ3) is 4.55. The van der Waals surface area contributed by atoms with E-state index in [1.165, 1.54) is 12.1 Å². The molecule has 2 saturated heterocycles. The molecule has 3 aromatic carbocycles. The van der Waals surface area contributed by atoms with Crippen LogP contribution in [0.25, 0.3) is 0 Å². The van der Waals surface area contributed by atoms with Crippen molar-refractivity contribution in [2.75, 3.05) is 43.5 Å². The van der Waals surface area contributed by atoms with Crippen LogP contribution in [0.1, 0.15) is 35.3 Å². The lowest BCUT2D eigenvalue weighted by molar-refractivity contribution is -0.151. The molecule has 10 nitrogen and oxygen atoms in total. The maximum absolute atomic E-state index is 13.3. The Balaban J connectivity index is 1.35. The number of carbonyl (C=O) groups is 2. The summed E-state index contributed by atoms with van der Waals surface area (Å²) in [6.07, 6.45) is 0.683. The number of para-hydroxylation sites is 1. The van der Waals surface area contributed by atoms with Crippen LogP contribution in [-0.2, 0) is 9.53 Å². The van der Waals surface area contributed by atoms with E-state index in [0.717, 1.165) is 5.56 Å². The number of benzene rings is 2. The number of piperazine rings is 1. The van der Waals surface area contributed by atoms with E-state index in [-0.39, 0.29) is 53.0 Å². The molecule has 2 unspecified atom stereocenters. The number of nitrogens with zero attached hydrogens (tertiary/aromatic N) is 2. The molecule has 2 aliphatic rings. The molecule has 192 valence electrons. The fourth-order valence-corrected chi connectivity index (χ4v) is 4.93. The van der Waals surface area contributed by atoms with Gasteiger partial charge in [0.25, 0.3) is 16.8 Å². The molecule has 3 N–H and O–H groups in total. The van der Waals surface area contributed by atoms with Gasteiger partial charge in [-0.2, -0.15) is 0 Å². The molecular formula is C27H28N4O6. The third-order valence-corrected chi connectivity index (χ3v) is 6.99. The van der Waals surface area contributed by atoms with Crippen LogP contribution < -0.4 is 21.5 Å². The Morgan fingerprint density at radius 2 is 1.81 bits per heavy atom. The Kier molecular flexibility index (Phi) is 6.66. The Hall–Kier alpha value is -4.18. The number of phenolic OH excluding ortho intramolecular Hbond substituents is 1. The summed E-state index contributed by atoms with van der Waals surface area (Å²) in [6.45, 7) is 3.41. The first kappa shape index (κ1) is 24.5. The van der Waals surface area contributed by atoms with Crippen molar-refractivity contribution in [3.63, 3.8) is 0 Å². The maximum atomic E-state index is 13.3. The van der Waals surface area contributed by atoms with Crippen LogP contribution in [0.4, 0.5) is 17.1 Å². The second kappa shape index (κ2) is 10.1. The Morgan fingerprint density at radius 1 is 1.05 bits per heavy atom. The van der Waals surface area contributed by atoms with Crippen LogP contribution in [0.3, 0.4) is 0 Å². The van der Waals surface area contributed by atoms with Crippen molar-refractivity contribution in [2.24, 2.45) is 0 Å². The number of hydrogen-bond donors (Lipinski definition) is 3. The van der Waals surface area contributed by atoms with E-state index >= 15 is 0 Å². The SMILES string of the molecule is CCC(Nc1c(Nc2cccc(C(=O)N3CCN4C(=O)COCC4C3)c2O)c(=O)c1=O)c1ccccc1. The predicted molar refractivity (Wildman–Crippen MR) is 138 cm³/mol. The summed E-state index contributed by atoms with van der Waals surface area (Å²) in [4.78, 5) is 53.4. The van der Waals surface area contributed by atoms with Gasteiger partial charge >= 0.3 is 0 Å². The fraction of sp³-hybridized carbons (Fsp3) is 0.333. The summed E-state index contributed by atoms with van der Waals surface area (Å²) in [5.41, 5.74) is 0.0460. The molecule has 0 saturated carbocycles. The molecule has 0 bridgehead atoms. The van der Waals surface area contributed by atoms with Crippen LogP contribution >= 0.6 is 0 Å². The molecule has 37 heavy (non-hydrogen) atoms. The minimum Gasteiger partial charge on any atom is -0.505 e. The standard InChI is InChI=1S/C27H28N4O6/c1-2-19(16-7-4-3-5-8-16)28-22-23(26(35)25(22)34)29-20-10-6-9-18(24(20)33)27(36)30-11-12-31-17(13-30)14-37-15-21(31)32/h3-10,17,19,28-29,33H,2,11-15H2,1H3. The fourth-order valence-electron chi connectivity index (χ4n) is 4.93. The highest BCUT2D eigenvalue weighted by Crippen LogP contribution is 2.34. The van der Waals surface area contributed by atoms with Gasteiger partial charge in [-0.15, -0.1) is 0 Å². The predicted octanol–water partition coefficient (Wildman–Crippen LogP) is 1.98. The van der Waals surface area contributed by atoms with Gasteiger partial charge in [-0.3, -0.25) is 19.2 Å². The number of nitrogens with one attached hydrogen (secondary N) is 2. The lowest BCUT2D eigenvalue weighted by atomic mass is 10.0. The number of morpholine rings is 1. The number of amides is 2. The van der Waals surface area contributed by atoms with Crippen molar-refractivity contribution in [3.05, 3.63) is 80.1 Å². The van der Waals surface area contributed by atoms with E-state index in [0.29, 0.717) is 32.7 Å². The first-order chi connectivity index (χ1) is 17.9. The zero-order valence-electron chi connectivity index (χ0n) is 20.4. The van der Waals surface area contributed by atoms with Gasteiger partial charge in [-0.05, 0) is 24.1 Å². The molecule has 2 fully saturated rings. The molecule has 10 heteroatoms. The largest absolute Gasteiger partial charge is 0.505 e. The number of hydrogen-bond acceptors (Lipinski definition) is 8. The van der Waals surface area contributed by atoms with Crippen molar-refractivity contribution < 1.29 is 19.4 Å². The van der Waals surface area contributed by atoms with E-state index in [2.05, 4.69) is 10.6 Å². The van der Waals surface area contributed by atoms with Gasteiger partial charge in [0.15, 0.2) is 5.75 Å². The van der Waals surface area contributed by atoms with Crippen LogP contribution in [-0.4, -0.2) is 65.6 Å². The molecule has 0 aliphatic carbocycles. The van der Waals surface area contributed by atoms with Gasteiger partial charge in [-0.1, -0.05) is 43.3 Å². The van der Waals surface area contributed by atoms with Crippen LogP contribution in [0.5, 0.6) is 5.75 Å². The maximum Gasteiger partial charge on any atom is 0.257 e. The molecule has 0 radical (unpaired) electrons. The van der Waals surface area contributed by atoms with Crippen LogP contribution in [0.2, 0.25) is 0 Å². The minimum absolute atomic E-state index is 0.0470. The second-order valence-electron chi connectivity index (χ2n) is 9.26. The number of aromatic hydroxyl groups is 1. The first-order valence-electron chi connectivity index (χ1n) is 12.3. The molecule has 3 aromatic rings. The van der Waals surface area contributed by atoms with Crippen molar-refractivity contribution >= 4 is 28.9 Å². The lowest BCUT2D eigenvalue weighted by Crippen LogP contribution is -2.61. The summed E-state index contributed by atoms with van der Waals surface area (Å²) in [5, 5.41) is 17.0. The second-order valence-corrected chi connectivity index (χ2v) is 9.26. The smallest absolute Gasteiger partial charge is 0.257 e. The Labute approximate surface area is 213 Å². The Bertz CT molecular complexity index is 1400. The van der Waals surface area contributed by atoms with Crippen LogP contribution in [0.15, 0.2) is 58.1 Å². The summed E-state index contributed by atoms with van der Waals surface area (Å²) < 4.78 is 5.32. The van der Waals surface area contributed by atoms with Gasteiger partial charge in [0.1, 0.15) is 18.0 Å². The zero-order chi connectivity index (χ0) is 26.1. The Morgan fingerprint density at radius 3 is 2.57 bits per heavy atom. The molecule has 2 heterocycles. The summed E-state index contributed by atoms with van der Waals surface area (Å²) in [5.74, 6) is -0.801. The van der Waals surface area contributed by atoms with Gasteiger partial charge < -0.3 is 30.3 Å². The summed E-state index contributed by atoms with van der Waals surface area (Å²) >= 11 is 0. The molecule has 0 spiro atoms. The van der Waals surface area contributed by atoms with Crippen molar-refractivity contribution in [1.29, 1.82) is 0 Å². The van der Waals surface area contributed by atoms with Gasteiger partial charge in [-0.25, -0.2) is 0 Å². The molecule has 2 aliphatic heterocycles. The molecule has 2 atom stereocenters. The van der Waals surface area contributed by atoms with E-state index in [1.807, 2.05) is 37.3 Å². The number of carbonyl (C=O) groups excluding carboxylic acids is 2. The highest BCUT2D eigenvalue weighted by molar-refractivity contribution is 5.99. The first-order valence-corrected chi connectivity index (χ1v) is 12.3. The van der Waals surface area contributed by atoms with E-state index < -0.39 is 16.8 Å². The normalized spacial score (nSPS) is 18.4. The molecule has 0 aromatic heterocycles. The summed E-state index contributed by atoms with van der Waals surface area (Å²) in [7, 11) is 0. The highest BCUT2D eigenvalue weighted by atomic mass is 16.5. The van der Waals surface area contributed by atoms with Gasteiger partial charge in [0.05, 0.1) is 29.9 Å². The lowest BCUT2D eigenvalue weighted by Gasteiger charge is -2.43. The van der Waals surface area contributed by atoms with E-state index in [4.69, 9.17) is 4.74 Å². The van der Waals surface area contributed by atoms with E-state index in [9.17, 15) is 24.3 Å². The number of anilines is 3. The van der Waals surface area contributed by atoms with Crippen molar-refractivity contribution in [2.45, 2.75) is 25.4 Å². The quantitative estimate of drug-likeness (QED) is 0.329.